The van der Waals surface area contributed by atoms with Crippen molar-refractivity contribution in [2.45, 2.75) is 39.4 Å². The van der Waals surface area contributed by atoms with E-state index >= 15 is 0 Å². The van der Waals surface area contributed by atoms with Crippen LogP contribution in [0.15, 0.2) is 40.9 Å². The third-order valence-electron chi connectivity index (χ3n) is 4.63. The van der Waals surface area contributed by atoms with Crippen molar-refractivity contribution in [1.29, 1.82) is 0 Å². The summed E-state index contributed by atoms with van der Waals surface area (Å²) in [5.74, 6) is 0.587. The predicted molar refractivity (Wildman–Crippen MR) is 99.5 cm³/mol. The first-order valence-corrected chi connectivity index (χ1v) is 9.23. The molecule has 7 nitrogen and oxygen atoms in total. The highest BCUT2D eigenvalue weighted by Crippen LogP contribution is 2.18. The molecule has 0 bridgehead atoms. The summed E-state index contributed by atoms with van der Waals surface area (Å²) >= 11 is 0. The lowest BCUT2D eigenvalue weighted by atomic mass is 10.2. The van der Waals surface area contributed by atoms with Gasteiger partial charge in [-0.25, -0.2) is 0 Å². The van der Waals surface area contributed by atoms with E-state index in [9.17, 15) is 0 Å². The van der Waals surface area contributed by atoms with Crippen LogP contribution in [-0.2, 0) is 19.6 Å². The number of rotatable bonds is 7. The van der Waals surface area contributed by atoms with E-state index in [4.69, 9.17) is 4.52 Å². The molecule has 0 saturated heterocycles. The molecule has 0 unspecified atom stereocenters. The molecule has 3 aromatic rings. The van der Waals surface area contributed by atoms with E-state index in [-0.39, 0.29) is 0 Å². The minimum Gasteiger partial charge on any atom is -0.332 e. The second kappa shape index (κ2) is 7.70. The molecule has 1 N–H and O–H groups in total. The summed E-state index contributed by atoms with van der Waals surface area (Å²) in [6.07, 6.45) is 2.49. The Bertz CT molecular complexity index is 841. The van der Waals surface area contributed by atoms with Gasteiger partial charge in [-0.1, -0.05) is 48.8 Å². The van der Waals surface area contributed by atoms with Crippen LogP contribution in [0.4, 0.5) is 6.01 Å². The summed E-state index contributed by atoms with van der Waals surface area (Å²) in [5.41, 5.74) is 3.21. The minimum atomic E-state index is 0.416. The Hall–Kier alpha value is -2.67. The fraction of sp³-hybridized carbons (Fsp3) is 0.421. The number of fused-ring (bicyclic) bond motifs is 1. The third kappa shape index (κ3) is 3.77. The third-order valence-corrected chi connectivity index (χ3v) is 4.63. The molecule has 7 heteroatoms. The van der Waals surface area contributed by atoms with Crippen molar-refractivity contribution in [3.8, 4) is 11.4 Å². The molecule has 1 aliphatic heterocycles. The summed E-state index contributed by atoms with van der Waals surface area (Å²) in [5, 5.41) is 11.9. The summed E-state index contributed by atoms with van der Waals surface area (Å²) < 4.78 is 7.40. The van der Waals surface area contributed by atoms with Gasteiger partial charge < -0.3 is 9.84 Å². The summed E-state index contributed by atoms with van der Waals surface area (Å²) in [7, 11) is 0. The normalized spacial score (nSPS) is 14.3. The van der Waals surface area contributed by atoms with Crippen LogP contribution in [0.2, 0.25) is 0 Å². The van der Waals surface area contributed by atoms with E-state index in [1.54, 1.807) is 0 Å². The van der Waals surface area contributed by atoms with Crippen LogP contribution in [0.25, 0.3) is 11.4 Å². The zero-order valence-corrected chi connectivity index (χ0v) is 15.1. The molecular weight excluding hydrogens is 328 g/mol. The SMILES string of the molecule is CCCCN1CCn2nc(CNc3nc(-c4ccccc4)no3)cc2C1. The van der Waals surface area contributed by atoms with Crippen molar-refractivity contribution in [2.75, 3.05) is 18.4 Å². The van der Waals surface area contributed by atoms with Crippen LogP contribution in [0.3, 0.4) is 0 Å². The summed E-state index contributed by atoms with van der Waals surface area (Å²) in [6.45, 7) is 6.98. The molecule has 4 rings (SSSR count). The average Bonchev–Trinajstić information content (AvgIpc) is 3.31. The van der Waals surface area contributed by atoms with Gasteiger partial charge in [-0.05, 0) is 19.0 Å². The van der Waals surface area contributed by atoms with E-state index < -0.39 is 0 Å². The van der Waals surface area contributed by atoms with Crippen LogP contribution in [0, 0.1) is 0 Å². The lowest BCUT2D eigenvalue weighted by molar-refractivity contribution is 0.210. The molecule has 0 spiro atoms. The van der Waals surface area contributed by atoms with Crippen molar-refractivity contribution in [2.24, 2.45) is 0 Å². The van der Waals surface area contributed by atoms with Crippen LogP contribution in [0.1, 0.15) is 31.2 Å². The maximum absolute atomic E-state index is 5.29. The molecule has 0 radical (unpaired) electrons. The summed E-state index contributed by atoms with van der Waals surface area (Å²) in [6, 6.07) is 12.4. The molecule has 1 aromatic carbocycles. The number of benzene rings is 1. The standard InChI is InChI=1S/C19H24N6O/c1-2-3-9-24-10-11-25-17(14-24)12-16(22-25)13-20-19-21-18(23-26-19)15-7-5-4-6-8-15/h4-8,12H,2-3,9-11,13-14H2,1H3,(H,20,21,23). The molecule has 0 saturated carbocycles. The van der Waals surface area contributed by atoms with Gasteiger partial charge in [-0.2, -0.15) is 10.1 Å². The Labute approximate surface area is 153 Å². The monoisotopic (exact) mass is 352 g/mol. The first-order valence-electron chi connectivity index (χ1n) is 9.23. The number of aromatic nitrogens is 4. The largest absolute Gasteiger partial charge is 0.332 e. The molecule has 3 heterocycles. The van der Waals surface area contributed by atoms with Gasteiger partial charge in [-0.3, -0.25) is 9.58 Å². The van der Waals surface area contributed by atoms with Crippen LogP contribution in [-0.4, -0.2) is 37.9 Å². The van der Waals surface area contributed by atoms with Gasteiger partial charge in [0.25, 0.3) is 0 Å². The predicted octanol–water partition coefficient (Wildman–Crippen LogP) is 3.16. The number of anilines is 1. The highest BCUT2D eigenvalue weighted by atomic mass is 16.5. The highest BCUT2D eigenvalue weighted by molar-refractivity contribution is 5.54. The number of hydrogen-bond donors (Lipinski definition) is 1. The number of hydrogen-bond acceptors (Lipinski definition) is 6. The second-order valence-electron chi connectivity index (χ2n) is 6.62. The Kier molecular flexibility index (Phi) is 4.97. The second-order valence-corrected chi connectivity index (χ2v) is 6.62. The molecule has 0 aliphatic carbocycles. The van der Waals surface area contributed by atoms with Gasteiger partial charge in [0.1, 0.15) is 0 Å². The van der Waals surface area contributed by atoms with Crippen molar-refractivity contribution < 1.29 is 4.52 Å². The van der Waals surface area contributed by atoms with E-state index in [2.05, 4.69) is 43.1 Å². The fourth-order valence-corrected chi connectivity index (χ4v) is 3.21. The van der Waals surface area contributed by atoms with Gasteiger partial charge >= 0.3 is 6.01 Å². The molecule has 1 aliphatic rings. The number of nitrogens with one attached hydrogen (secondary N) is 1. The van der Waals surface area contributed by atoms with Gasteiger partial charge in [-0.15, -0.1) is 0 Å². The first kappa shape index (κ1) is 16.8. The molecular formula is C19H24N6O. The van der Waals surface area contributed by atoms with Gasteiger partial charge in [0.2, 0.25) is 5.82 Å². The van der Waals surface area contributed by atoms with Crippen molar-refractivity contribution >= 4 is 6.01 Å². The smallest absolute Gasteiger partial charge is 0.322 e. The first-order chi connectivity index (χ1) is 12.8. The fourth-order valence-electron chi connectivity index (χ4n) is 3.21. The number of nitrogens with zero attached hydrogens (tertiary/aromatic N) is 5. The Morgan fingerprint density at radius 3 is 2.92 bits per heavy atom. The Morgan fingerprint density at radius 1 is 1.19 bits per heavy atom. The molecule has 0 fully saturated rings. The molecule has 26 heavy (non-hydrogen) atoms. The van der Waals surface area contributed by atoms with Crippen LogP contribution < -0.4 is 5.32 Å². The lowest BCUT2D eigenvalue weighted by Crippen LogP contribution is -2.34. The van der Waals surface area contributed by atoms with E-state index in [0.717, 1.165) is 30.9 Å². The zero-order chi connectivity index (χ0) is 17.8. The average molecular weight is 352 g/mol. The van der Waals surface area contributed by atoms with Crippen LogP contribution >= 0.6 is 0 Å². The van der Waals surface area contributed by atoms with Gasteiger partial charge in [0.15, 0.2) is 0 Å². The quantitative estimate of drug-likeness (QED) is 0.704. The van der Waals surface area contributed by atoms with Gasteiger partial charge in [0.05, 0.1) is 24.5 Å². The van der Waals surface area contributed by atoms with E-state index in [1.807, 2.05) is 30.3 Å². The molecule has 2 aromatic heterocycles. The van der Waals surface area contributed by atoms with Crippen molar-refractivity contribution in [1.82, 2.24) is 24.8 Å². The topological polar surface area (TPSA) is 72.0 Å². The van der Waals surface area contributed by atoms with Crippen molar-refractivity contribution in [3.63, 3.8) is 0 Å². The van der Waals surface area contributed by atoms with Crippen molar-refractivity contribution in [3.05, 3.63) is 47.8 Å². The molecule has 0 amide bonds. The Balaban J connectivity index is 1.36. The van der Waals surface area contributed by atoms with Gasteiger partial charge in [0, 0.05) is 18.7 Å². The molecule has 0 atom stereocenters. The Morgan fingerprint density at radius 2 is 2.08 bits per heavy atom. The van der Waals surface area contributed by atoms with E-state index in [0.29, 0.717) is 18.4 Å². The lowest BCUT2D eigenvalue weighted by Gasteiger charge is -2.27. The maximum Gasteiger partial charge on any atom is 0.322 e. The minimum absolute atomic E-state index is 0.416. The number of unbranched alkanes of at least 4 members (excludes halogenated alkanes) is 1. The maximum atomic E-state index is 5.29. The summed E-state index contributed by atoms with van der Waals surface area (Å²) in [4.78, 5) is 6.89. The molecule has 136 valence electrons. The zero-order valence-electron chi connectivity index (χ0n) is 15.1. The highest BCUT2D eigenvalue weighted by Gasteiger charge is 2.18. The van der Waals surface area contributed by atoms with Crippen LogP contribution in [0.5, 0.6) is 0 Å². The van der Waals surface area contributed by atoms with E-state index in [1.165, 1.54) is 25.1 Å².